The molecule has 0 radical (unpaired) electrons. The number of nitrogens with one attached hydrogen (secondary N) is 2. The number of phenolic OH excluding ortho intramolecular Hbond substituents is 1. The molecule has 0 saturated heterocycles. The Balaban J connectivity index is 2.09. The molecular weight excluding hydrogens is 624 g/mol. The van der Waals surface area contributed by atoms with Crippen molar-refractivity contribution in [1.29, 1.82) is 5.26 Å². The van der Waals surface area contributed by atoms with E-state index >= 15 is 0 Å². The molecule has 3 amide bonds. The fraction of sp³-hybridized carbons (Fsp3) is 0.395. The van der Waals surface area contributed by atoms with Crippen molar-refractivity contribution in [3.63, 3.8) is 0 Å². The SMILES string of the molecule is Cc1cccc(C(C(=O)NC(Cc2ccccc2)C(=O)OC(C)(C)C)N(CC#N)C(=O)C(Cc2ccc(O)cc2)NC(=O)OC(C)(C)C)c1. The summed E-state index contributed by atoms with van der Waals surface area (Å²) in [4.78, 5) is 56.4. The number of alkyl carbamates (subject to hydrolysis) is 1. The predicted molar refractivity (Wildman–Crippen MR) is 184 cm³/mol. The van der Waals surface area contributed by atoms with Crippen LogP contribution in [0.25, 0.3) is 0 Å². The third-order valence-corrected chi connectivity index (χ3v) is 7.10. The summed E-state index contributed by atoms with van der Waals surface area (Å²) < 4.78 is 11.1. The van der Waals surface area contributed by atoms with Crippen molar-refractivity contribution in [1.82, 2.24) is 15.5 Å². The lowest BCUT2D eigenvalue weighted by molar-refractivity contribution is -0.159. The molecule has 0 heterocycles. The first-order chi connectivity index (χ1) is 23.0. The molecular formula is C38H46N4O7. The highest BCUT2D eigenvalue weighted by atomic mass is 16.6. The van der Waals surface area contributed by atoms with Gasteiger partial charge >= 0.3 is 12.1 Å². The van der Waals surface area contributed by atoms with E-state index in [-0.39, 0.29) is 18.6 Å². The quantitative estimate of drug-likeness (QED) is 0.173. The summed E-state index contributed by atoms with van der Waals surface area (Å²) in [5, 5.41) is 25.2. The van der Waals surface area contributed by atoms with Crippen LogP contribution in [0.15, 0.2) is 78.9 Å². The van der Waals surface area contributed by atoms with E-state index in [0.29, 0.717) is 11.1 Å². The zero-order chi connectivity index (χ0) is 36.4. The number of benzene rings is 3. The first kappa shape index (κ1) is 38.1. The maximum atomic E-state index is 14.5. The number of nitrogens with zero attached hydrogens (tertiary/aromatic N) is 2. The van der Waals surface area contributed by atoms with E-state index in [1.165, 1.54) is 12.1 Å². The number of ether oxygens (including phenoxy) is 2. The van der Waals surface area contributed by atoms with Gasteiger partial charge in [0.25, 0.3) is 0 Å². The molecule has 3 aromatic rings. The van der Waals surface area contributed by atoms with Crippen molar-refractivity contribution in [2.24, 2.45) is 0 Å². The van der Waals surface area contributed by atoms with Crippen molar-refractivity contribution in [3.05, 3.63) is 101 Å². The Morgan fingerprint density at radius 3 is 1.96 bits per heavy atom. The summed E-state index contributed by atoms with van der Waals surface area (Å²) in [5.41, 5.74) is 0.830. The molecule has 11 nitrogen and oxygen atoms in total. The van der Waals surface area contributed by atoms with Crippen LogP contribution in [0.5, 0.6) is 5.75 Å². The monoisotopic (exact) mass is 670 g/mol. The normalized spacial score (nSPS) is 13.2. The molecule has 3 rings (SSSR count). The van der Waals surface area contributed by atoms with Crippen LogP contribution < -0.4 is 10.6 Å². The summed E-state index contributed by atoms with van der Waals surface area (Å²) in [6, 6.07) is 20.3. The number of hydrogen-bond donors (Lipinski definition) is 3. The van der Waals surface area contributed by atoms with Crippen LogP contribution in [-0.2, 0) is 36.7 Å². The lowest BCUT2D eigenvalue weighted by Gasteiger charge is -2.34. The zero-order valence-electron chi connectivity index (χ0n) is 29.2. The number of phenols is 1. The molecule has 3 N–H and O–H groups in total. The molecule has 0 spiro atoms. The van der Waals surface area contributed by atoms with Gasteiger partial charge in [-0.3, -0.25) is 9.59 Å². The highest BCUT2D eigenvalue weighted by Crippen LogP contribution is 2.25. The maximum Gasteiger partial charge on any atom is 0.408 e. The summed E-state index contributed by atoms with van der Waals surface area (Å²) in [6.07, 6.45) is -0.805. The second kappa shape index (κ2) is 16.6. The summed E-state index contributed by atoms with van der Waals surface area (Å²) in [5.74, 6) is -2.10. The molecule has 0 aliphatic rings. The average Bonchev–Trinajstić information content (AvgIpc) is 2.99. The second-order valence-corrected chi connectivity index (χ2v) is 13.8. The van der Waals surface area contributed by atoms with Gasteiger partial charge in [-0.25, -0.2) is 9.59 Å². The number of amides is 3. The Bertz CT molecular complexity index is 1640. The highest BCUT2D eigenvalue weighted by Gasteiger charge is 2.38. The Labute approximate surface area is 288 Å². The number of hydrogen-bond acceptors (Lipinski definition) is 8. The van der Waals surface area contributed by atoms with Gasteiger partial charge in [0.15, 0.2) is 0 Å². The van der Waals surface area contributed by atoms with Crippen molar-refractivity contribution < 1.29 is 33.8 Å². The fourth-order valence-corrected chi connectivity index (χ4v) is 5.07. The molecule has 260 valence electrons. The predicted octanol–water partition coefficient (Wildman–Crippen LogP) is 5.30. The zero-order valence-corrected chi connectivity index (χ0v) is 29.2. The first-order valence-electron chi connectivity index (χ1n) is 16.0. The number of carbonyl (C=O) groups excluding carboxylic acids is 4. The van der Waals surface area contributed by atoms with Crippen LogP contribution in [0.4, 0.5) is 4.79 Å². The molecule has 3 aromatic carbocycles. The van der Waals surface area contributed by atoms with E-state index in [4.69, 9.17) is 9.47 Å². The van der Waals surface area contributed by atoms with Crippen LogP contribution in [0.3, 0.4) is 0 Å². The van der Waals surface area contributed by atoms with E-state index in [2.05, 4.69) is 10.6 Å². The summed E-state index contributed by atoms with van der Waals surface area (Å²) in [7, 11) is 0. The van der Waals surface area contributed by atoms with Crippen molar-refractivity contribution >= 4 is 23.9 Å². The number of aryl methyl sites for hydroxylation is 1. The molecule has 0 aliphatic carbocycles. The van der Waals surface area contributed by atoms with Crippen LogP contribution in [0.2, 0.25) is 0 Å². The number of rotatable bonds is 12. The standard InChI is InChI=1S/C38H46N4O7/c1-25-12-11-15-28(22-25)32(33(44)40-31(35(46)48-37(2,3)4)24-26-13-9-8-10-14-26)42(21-20-39)34(45)30(41-36(47)49-38(5,6)7)23-27-16-18-29(43)19-17-27/h8-19,22,30-32,43H,21,23-24H2,1-7H3,(H,40,44)(H,41,47). The first-order valence-corrected chi connectivity index (χ1v) is 16.0. The van der Waals surface area contributed by atoms with Gasteiger partial charge in [-0.05, 0) is 77.3 Å². The lowest BCUT2D eigenvalue weighted by atomic mass is 9.98. The smallest absolute Gasteiger partial charge is 0.408 e. The number of aromatic hydroxyl groups is 1. The minimum absolute atomic E-state index is 0.0176. The number of nitriles is 1. The molecule has 0 aliphatic heterocycles. The molecule has 0 saturated carbocycles. The molecule has 3 atom stereocenters. The third-order valence-electron chi connectivity index (χ3n) is 7.10. The van der Waals surface area contributed by atoms with Crippen molar-refractivity contribution in [3.8, 4) is 11.8 Å². The van der Waals surface area contributed by atoms with Gasteiger partial charge in [0, 0.05) is 12.8 Å². The molecule has 0 bridgehead atoms. The van der Waals surface area contributed by atoms with Gasteiger partial charge in [0.2, 0.25) is 11.8 Å². The fourth-order valence-electron chi connectivity index (χ4n) is 5.07. The van der Waals surface area contributed by atoms with Crippen molar-refractivity contribution in [2.45, 2.75) is 90.6 Å². The van der Waals surface area contributed by atoms with Crippen LogP contribution in [0, 0.1) is 18.3 Å². The van der Waals surface area contributed by atoms with E-state index in [9.17, 15) is 29.5 Å². The molecule has 0 aromatic heterocycles. The van der Waals surface area contributed by atoms with Crippen LogP contribution in [0.1, 0.15) is 69.8 Å². The average molecular weight is 671 g/mol. The van der Waals surface area contributed by atoms with Crippen molar-refractivity contribution in [2.75, 3.05) is 6.54 Å². The molecule has 3 unspecified atom stereocenters. The van der Waals surface area contributed by atoms with E-state index in [1.807, 2.05) is 49.4 Å². The molecule has 0 fully saturated rings. The van der Waals surface area contributed by atoms with Crippen LogP contribution in [-0.4, -0.2) is 63.7 Å². The van der Waals surface area contributed by atoms with Gasteiger partial charge in [-0.15, -0.1) is 0 Å². The third kappa shape index (κ3) is 12.3. The van der Waals surface area contributed by atoms with Gasteiger partial charge in [-0.2, -0.15) is 5.26 Å². The lowest BCUT2D eigenvalue weighted by Crippen LogP contribution is -2.55. The minimum Gasteiger partial charge on any atom is -0.508 e. The summed E-state index contributed by atoms with van der Waals surface area (Å²) >= 11 is 0. The largest absolute Gasteiger partial charge is 0.508 e. The van der Waals surface area contributed by atoms with Gasteiger partial charge in [0.1, 0.15) is 41.6 Å². The molecule has 11 heteroatoms. The topological polar surface area (TPSA) is 158 Å². The van der Waals surface area contributed by atoms with E-state index in [0.717, 1.165) is 16.0 Å². The Morgan fingerprint density at radius 2 is 1.39 bits per heavy atom. The maximum absolute atomic E-state index is 14.5. The minimum atomic E-state index is -1.38. The summed E-state index contributed by atoms with van der Waals surface area (Å²) in [6.45, 7) is 11.5. The van der Waals surface area contributed by atoms with Gasteiger partial charge < -0.3 is 30.1 Å². The Morgan fingerprint density at radius 1 is 0.796 bits per heavy atom. The van der Waals surface area contributed by atoms with Crippen LogP contribution >= 0.6 is 0 Å². The molecule has 49 heavy (non-hydrogen) atoms. The second-order valence-electron chi connectivity index (χ2n) is 13.8. The van der Waals surface area contributed by atoms with E-state index in [1.54, 1.807) is 71.9 Å². The van der Waals surface area contributed by atoms with Gasteiger partial charge in [-0.1, -0.05) is 72.3 Å². The van der Waals surface area contributed by atoms with E-state index < -0.39 is 59.7 Å². The number of carbonyl (C=O) groups is 4. The number of esters is 1. The Hall–Kier alpha value is -5.37. The Kier molecular flexibility index (Phi) is 12.9. The van der Waals surface area contributed by atoms with Gasteiger partial charge in [0.05, 0.1) is 6.07 Å². The highest BCUT2D eigenvalue weighted by molar-refractivity contribution is 5.94.